The molecule has 0 aliphatic heterocycles. The van der Waals surface area contributed by atoms with E-state index in [0.717, 1.165) is 0 Å². The third-order valence-corrected chi connectivity index (χ3v) is 2.28. The summed E-state index contributed by atoms with van der Waals surface area (Å²) in [4.78, 5) is 22.2. The quantitative estimate of drug-likeness (QED) is 0.739. The molecule has 0 aliphatic carbocycles. The summed E-state index contributed by atoms with van der Waals surface area (Å²) in [5.41, 5.74) is 0.528. The van der Waals surface area contributed by atoms with Gasteiger partial charge in [0, 0.05) is 12.8 Å². The smallest absolute Gasteiger partial charge is 0.303 e. The maximum Gasteiger partial charge on any atom is 0.303 e. The van der Waals surface area contributed by atoms with E-state index < -0.39 is 5.97 Å². The molecule has 4 heteroatoms. The van der Waals surface area contributed by atoms with Gasteiger partial charge in [0.1, 0.15) is 5.75 Å². The summed E-state index contributed by atoms with van der Waals surface area (Å²) in [6.45, 7) is 2.35. The minimum absolute atomic E-state index is 0.0164. The van der Waals surface area contributed by atoms with Crippen LogP contribution < -0.4 is 4.74 Å². The molecule has 0 unspecified atom stereocenters. The SMILES string of the molecule is CCOc1ccccc1C(=O)CCCC(=O)O. The zero-order valence-electron chi connectivity index (χ0n) is 9.81. The highest BCUT2D eigenvalue weighted by molar-refractivity contribution is 5.98. The second-order valence-corrected chi connectivity index (χ2v) is 3.60. The van der Waals surface area contributed by atoms with Gasteiger partial charge in [-0.3, -0.25) is 9.59 Å². The second kappa shape index (κ2) is 6.68. The number of hydrogen-bond acceptors (Lipinski definition) is 3. The average molecular weight is 236 g/mol. The Morgan fingerprint density at radius 2 is 1.94 bits per heavy atom. The number of Topliss-reactive ketones (excluding diaryl/α,β-unsaturated/α-hetero) is 1. The summed E-state index contributed by atoms with van der Waals surface area (Å²) < 4.78 is 5.35. The highest BCUT2D eigenvalue weighted by Crippen LogP contribution is 2.20. The lowest BCUT2D eigenvalue weighted by Crippen LogP contribution is -2.05. The standard InChI is InChI=1S/C13H16O4/c1-2-17-12-8-4-3-6-10(12)11(14)7-5-9-13(15)16/h3-4,6,8H,2,5,7,9H2,1H3,(H,15,16). The van der Waals surface area contributed by atoms with Crippen LogP contribution in [0.25, 0.3) is 0 Å². The van der Waals surface area contributed by atoms with Gasteiger partial charge in [-0.25, -0.2) is 0 Å². The van der Waals surface area contributed by atoms with Crippen LogP contribution in [0.4, 0.5) is 0 Å². The molecule has 1 aromatic carbocycles. The number of carbonyl (C=O) groups excluding carboxylic acids is 1. The van der Waals surface area contributed by atoms with Crippen molar-refractivity contribution in [2.75, 3.05) is 6.61 Å². The van der Waals surface area contributed by atoms with E-state index in [1.807, 2.05) is 6.92 Å². The number of carbonyl (C=O) groups is 2. The Kier molecular flexibility index (Phi) is 5.20. The Bertz CT molecular complexity index is 398. The molecule has 1 rings (SSSR count). The monoisotopic (exact) mass is 236 g/mol. The number of aliphatic carboxylic acids is 1. The predicted molar refractivity (Wildman–Crippen MR) is 63.4 cm³/mol. The van der Waals surface area contributed by atoms with E-state index in [0.29, 0.717) is 24.3 Å². The van der Waals surface area contributed by atoms with Crippen molar-refractivity contribution in [3.05, 3.63) is 29.8 Å². The van der Waals surface area contributed by atoms with Gasteiger partial charge in [0.25, 0.3) is 0 Å². The third kappa shape index (κ3) is 4.26. The second-order valence-electron chi connectivity index (χ2n) is 3.60. The lowest BCUT2D eigenvalue weighted by atomic mass is 10.0. The molecule has 0 radical (unpaired) electrons. The van der Waals surface area contributed by atoms with Crippen LogP contribution in [-0.4, -0.2) is 23.5 Å². The Hall–Kier alpha value is -1.84. The molecule has 0 fully saturated rings. The van der Waals surface area contributed by atoms with Crippen LogP contribution in [-0.2, 0) is 4.79 Å². The highest BCUT2D eigenvalue weighted by Gasteiger charge is 2.12. The molecule has 1 aromatic rings. The van der Waals surface area contributed by atoms with Gasteiger partial charge in [-0.05, 0) is 25.5 Å². The van der Waals surface area contributed by atoms with Crippen molar-refractivity contribution in [2.45, 2.75) is 26.2 Å². The van der Waals surface area contributed by atoms with Crippen molar-refractivity contribution in [3.63, 3.8) is 0 Å². The summed E-state index contributed by atoms with van der Waals surface area (Å²) >= 11 is 0. The molecule has 0 heterocycles. The molecule has 92 valence electrons. The zero-order chi connectivity index (χ0) is 12.7. The van der Waals surface area contributed by atoms with E-state index in [9.17, 15) is 9.59 Å². The molecule has 0 saturated heterocycles. The van der Waals surface area contributed by atoms with Gasteiger partial charge in [-0.1, -0.05) is 12.1 Å². The molecule has 0 saturated carbocycles. The van der Waals surface area contributed by atoms with Crippen molar-refractivity contribution in [1.29, 1.82) is 0 Å². The third-order valence-electron chi connectivity index (χ3n) is 2.28. The molecule has 1 N–H and O–H groups in total. The summed E-state index contributed by atoms with van der Waals surface area (Å²) in [5, 5.41) is 8.50. The van der Waals surface area contributed by atoms with Crippen molar-refractivity contribution < 1.29 is 19.4 Å². The van der Waals surface area contributed by atoms with Gasteiger partial charge in [0.15, 0.2) is 5.78 Å². The van der Waals surface area contributed by atoms with Crippen LogP contribution in [0.1, 0.15) is 36.5 Å². The average Bonchev–Trinajstić information content (AvgIpc) is 2.29. The van der Waals surface area contributed by atoms with E-state index in [1.54, 1.807) is 24.3 Å². The lowest BCUT2D eigenvalue weighted by Gasteiger charge is -2.08. The molecule has 0 aromatic heterocycles. The number of carboxylic acids is 1. The molecule has 0 bridgehead atoms. The zero-order valence-corrected chi connectivity index (χ0v) is 9.81. The topological polar surface area (TPSA) is 63.6 Å². The largest absolute Gasteiger partial charge is 0.493 e. The van der Waals surface area contributed by atoms with Crippen LogP contribution >= 0.6 is 0 Å². The minimum Gasteiger partial charge on any atom is -0.493 e. The Morgan fingerprint density at radius 1 is 1.24 bits per heavy atom. The first kappa shape index (κ1) is 13.2. The molecule has 4 nitrogen and oxygen atoms in total. The molecule has 0 atom stereocenters. The van der Waals surface area contributed by atoms with Crippen molar-refractivity contribution in [1.82, 2.24) is 0 Å². The normalized spacial score (nSPS) is 9.94. The first-order valence-corrected chi connectivity index (χ1v) is 5.62. The van der Waals surface area contributed by atoms with Gasteiger partial charge in [-0.2, -0.15) is 0 Å². The summed E-state index contributed by atoms with van der Waals surface area (Å²) in [5.74, 6) is -0.387. The van der Waals surface area contributed by atoms with Crippen LogP contribution in [0, 0.1) is 0 Å². The number of para-hydroxylation sites is 1. The van der Waals surface area contributed by atoms with Gasteiger partial charge in [-0.15, -0.1) is 0 Å². The number of carboxylic acid groups (broad SMARTS) is 1. The molecule has 17 heavy (non-hydrogen) atoms. The number of ketones is 1. The first-order chi connectivity index (χ1) is 8.15. The fourth-order valence-electron chi connectivity index (χ4n) is 1.51. The molecular weight excluding hydrogens is 220 g/mol. The number of rotatable bonds is 7. The van der Waals surface area contributed by atoms with Crippen LogP contribution in [0.5, 0.6) is 5.75 Å². The Balaban J connectivity index is 2.64. The molecular formula is C13H16O4. The molecule has 0 spiro atoms. The highest BCUT2D eigenvalue weighted by atomic mass is 16.5. The van der Waals surface area contributed by atoms with Crippen LogP contribution in [0.2, 0.25) is 0 Å². The number of benzene rings is 1. The van der Waals surface area contributed by atoms with E-state index in [1.165, 1.54) is 0 Å². The maximum atomic E-state index is 11.8. The number of ether oxygens (including phenoxy) is 1. The van der Waals surface area contributed by atoms with Gasteiger partial charge in [0.2, 0.25) is 0 Å². The molecule has 0 amide bonds. The van der Waals surface area contributed by atoms with Crippen LogP contribution in [0.15, 0.2) is 24.3 Å². The van der Waals surface area contributed by atoms with Crippen molar-refractivity contribution in [2.24, 2.45) is 0 Å². The van der Waals surface area contributed by atoms with Gasteiger partial charge < -0.3 is 9.84 Å². The summed E-state index contributed by atoms with van der Waals surface area (Å²) in [6.07, 6.45) is 0.605. The summed E-state index contributed by atoms with van der Waals surface area (Å²) in [6, 6.07) is 7.02. The van der Waals surface area contributed by atoms with E-state index in [2.05, 4.69) is 0 Å². The van der Waals surface area contributed by atoms with Crippen LogP contribution in [0.3, 0.4) is 0 Å². The summed E-state index contributed by atoms with van der Waals surface area (Å²) in [7, 11) is 0. The first-order valence-electron chi connectivity index (χ1n) is 5.62. The van der Waals surface area contributed by atoms with E-state index in [-0.39, 0.29) is 18.6 Å². The minimum atomic E-state index is -0.879. The Labute approximate surface area is 100 Å². The van der Waals surface area contributed by atoms with Gasteiger partial charge >= 0.3 is 5.97 Å². The predicted octanol–water partition coefficient (Wildman–Crippen LogP) is 2.52. The fourth-order valence-corrected chi connectivity index (χ4v) is 1.51. The maximum absolute atomic E-state index is 11.8. The number of hydrogen-bond donors (Lipinski definition) is 1. The van der Waals surface area contributed by atoms with Crippen molar-refractivity contribution in [3.8, 4) is 5.75 Å². The van der Waals surface area contributed by atoms with Crippen molar-refractivity contribution >= 4 is 11.8 Å². The lowest BCUT2D eigenvalue weighted by molar-refractivity contribution is -0.137. The van der Waals surface area contributed by atoms with E-state index in [4.69, 9.17) is 9.84 Å². The van der Waals surface area contributed by atoms with Gasteiger partial charge in [0.05, 0.1) is 12.2 Å². The molecule has 0 aliphatic rings. The van der Waals surface area contributed by atoms with E-state index >= 15 is 0 Å². The Morgan fingerprint density at radius 3 is 2.59 bits per heavy atom. The fraction of sp³-hybridized carbons (Fsp3) is 0.385.